The van der Waals surface area contributed by atoms with Crippen molar-refractivity contribution < 1.29 is 9.59 Å². The van der Waals surface area contributed by atoms with E-state index in [2.05, 4.69) is 0 Å². The summed E-state index contributed by atoms with van der Waals surface area (Å²) in [6, 6.07) is -0.467. The first-order chi connectivity index (χ1) is 7.76. The van der Waals surface area contributed by atoms with E-state index < -0.39 is 11.5 Å². The molecule has 1 heterocycles. The molecular formula is C12H23N3O2. The molecule has 0 radical (unpaired) electrons. The molecule has 2 atom stereocenters. The summed E-state index contributed by atoms with van der Waals surface area (Å²) in [4.78, 5) is 25.0. The van der Waals surface area contributed by atoms with Gasteiger partial charge in [0.1, 0.15) is 0 Å². The minimum atomic E-state index is -0.590. The average Bonchev–Trinajstić information content (AvgIpc) is 2.60. The van der Waals surface area contributed by atoms with Gasteiger partial charge in [-0.05, 0) is 25.7 Å². The molecule has 5 heteroatoms. The Hall–Kier alpha value is -1.10. The van der Waals surface area contributed by atoms with Crippen molar-refractivity contribution in [3.63, 3.8) is 0 Å². The molecule has 1 unspecified atom stereocenters. The van der Waals surface area contributed by atoms with Crippen LogP contribution in [0.1, 0.15) is 33.6 Å². The maximum atomic E-state index is 12.0. The summed E-state index contributed by atoms with van der Waals surface area (Å²) in [7, 11) is 0. The molecule has 98 valence electrons. The second-order valence-electron chi connectivity index (χ2n) is 5.67. The summed E-state index contributed by atoms with van der Waals surface area (Å²) in [5.41, 5.74) is 10.6. The van der Waals surface area contributed by atoms with Crippen molar-refractivity contribution in [1.82, 2.24) is 4.90 Å². The molecule has 0 saturated carbocycles. The van der Waals surface area contributed by atoms with Crippen LogP contribution in [0.2, 0.25) is 0 Å². The van der Waals surface area contributed by atoms with E-state index >= 15 is 0 Å². The van der Waals surface area contributed by atoms with Gasteiger partial charge in [0.15, 0.2) is 0 Å². The Labute approximate surface area is 103 Å². The van der Waals surface area contributed by atoms with Gasteiger partial charge in [-0.1, -0.05) is 13.8 Å². The van der Waals surface area contributed by atoms with Crippen LogP contribution in [0.15, 0.2) is 0 Å². The van der Waals surface area contributed by atoms with E-state index in [1.807, 2.05) is 13.8 Å². The molecule has 1 rings (SSSR count). The monoisotopic (exact) mass is 241 g/mol. The predicted octanol–water partition coefficient (Wildman–Crippen LogP) is 0.0837. The molecule has 0 aliphatic carbocycles. The molecule has 0 aromatic rings. The Kier molecular flexibility index (Phi) is 4.14. The second-order valence-corrected chi connectivity index (χ2v) is 5.67. The fourth-order valence-electron chi connectivity index (χ4n) is 2.19. The third kappa shape index (κ3) is 3.19. The van der Waals surface area contributed by atoms with E-state index in [1.54, 1.807) is 11.8 Å². The zero-order valence-electron chi connectivity index (χ0n) is 10.9. The lowest BCUT2D eigenvalue weighted by atomic mass is 9.89. The topological polar surface area (TPSA) is 89.4 Å². The lowest BCUT2D eigenvalue weighted by Gasteiger charge is -2.24. The number of likely N-dealkylation sites (tertiary alicyclic amines) is 1. The Bertz CT molecular complexity index is 317. The molecule has 1 saturated heterocycles. The maximum absolute atomic E-state index is 12.0. The molecule has 17 heavy (non-hydrogen) atoms. The zero-order valence-corrected chi connectivity index (χ0v) is 10.9. The summed E-state index contributed by atoms with van der Waals surface area (Å²) in [5.74, 6) is -0.0204. The highest BCUT2D eigenvalue weighted by atomic mass is 16.2. The van der Waals surface area contributed by atoms with Gasteiger partial charge in [-0.3, -0.25) is 9.59 Å². The van der Waals surface area contributed by atoms with Crippen molar-refractivity contribution in [1.29, 1.82) is 0 Å². The first kappa shape index (κ1) is 14.0. The number of amides is 2. The molecule has 2 amide bonds. The molecular weight excluding hydrogens is 218 g/mol. The number of nitrogens with zero attached hydrogens (tertiary/aromatic N) is 1. The van der Waals surface area contributed by atoms with Gasteiger partial charge in [-0.25, -0.2) is 0 Å². The van der Waals surface area contributed by atoms with Crippen LogP contribution in [0.4, 0.5) is 0 Å². The average molecular weight is 241 g/mol. The third-order valence-electron chi connectivity index (χ3n) is 3.42. The van der Waals surface area contributed by atoms with Crippen LogP contribution in [0.5, 0.6) is 0 Å². The summed E-state index contributed by atoms with van der Waals surface area (Å²) < 4.78 is 0. The van der Waals surface area contributed by atoms with Gasteiger partial charge in [0.05, 0.1) is 11.5 Å². The first-order valence-corrected chi connectivity index (χ1v) is 6.10. The lowest BCUT2D eigenvalue weighted by Crippen LogP contribution is -2.45. The summed E-state index contributed by atoms with van der Waals surface area (Å²) in [5, 5.41) is 0. The summed E-state index contributed by atoms with van der Waals surface area (Å²) in [6.07, 6.45) is 1.30. The van der Waals surface area contributed by atoms with E-state index in [4.69, 9.17) is 11.5 Å². The Balaban J connectivity index is 2.59. The first-order valence-electron chi connectivity index (χ1n) is 6.10. The van der Waals surface area contributed by atoms with Gasteiger partial charge in [-0.2, -0.15) is 0 Å². The number of hydrogen-bond acceptors (Lipinski definition) is 3. The number of nitrogens with two attached hydrogens (primary N) is 2. The normalized spacial score (nSPS) is 26.3. The lowest BCUT2D eigenvalue weighted by molar-refractivity contribution is -0.133. The Morgan fingerprint density at radius 2 is 2.00 bits per heavy atom. The Morgan fingerprint density at radius 1 is 1.41 bits per heavy atom. The van der Waals surface area contributed by atoms with Crippen LogP contribution >= 0.6 is 0 Å². The highest BCUT2D eigenvalue weighted by molar-refractivity contribution is 5.85. The number of carbonyl (C=O) groups excluding carboxylic acids is 2. The highest BCUT2D eigenvalue weighted by Gasteiger charge is 2.41. The molecule has 0 aromatic carbocycles. The standard InChI is InChI=1S/C12H23N3O2/c1-8(2)6-9(13)10(16)15-5-4-12(3,7-15)11(14)17/h8-9H,4-7,13H2,1-3H3,(H2,14,17)/t9-,12?/m1/s1. The molecule has 0 spiro atoms. The maximum Gasteiger partial charge on any atom is 0.239 e. The molecule has 1 aliphatic heterocycles. The predicted molar refractivity (Wildman–Crippen MR) is 65.9 cm³/mol. The van der Waals surface area contributed by atoms with Gasteiger partial charge in [0.25, 0.3) is 0 Å². The quantitative estimate of drug-likeness (QED) is 0.730. The van der Waals surface area contributed by atoms with Gasteiger partial charge < -0.3 is 16.4 Å². The summed E-state index contributed by atoms with van der Waals surface area (Å²) >= 11 is 0. The number of rotatable bonds is 4. The van der Waals surface area contributed by atoms with Crippen LogP contribution in [-0.2, 0) is 9.59 Å². The fraction of sp³-hybridized carbons (Fsp3) is 0.833. The second kappa shape index (κ2) is 5.04. The summed E-state index contributed by atoms with van der Waals surface area (Å²) in [6.45, 7) is 6.84. The minimum absolute atomic E-state index is 0.0660. The van der Waals surface area contributed by atoms with Gasteiger partial charge in [-0.15, -0.1) is 0 Å². The van der Waals surface area contributed by atoms with Gasteiger partial charge >= 0.3 is 0 Å². The van der Waals surface area contributed by atoms with Crippen molar-refractivity contribution >= 4 is 11.8 Å². The van der Waals surface area contributed by atoms with Gasteiger partial charge in [0.2, 0.25) is 11.8 Å². The van der Waals surface area contributed by atoms with Crippen molar-refractivity contribution in [3.05, 3.63) is 0 Å². The zero-order chi connectivity index (χ0) is 13.2. The molecule has 4 N–H and O–H groups in total. The SMILES string of the molecule is CC(C)C[C@@H](N)C(=O)N1CCC(C)(C(N)=O)C1. The molecule has 0 bridgehead atoms. The largest absolute Gasteiger partial charge is 0.369 e. The molecule has 0 aromatic heterocycles. The molecule has 1 aliphatic rings. The number of primary amides is 1. The number of hydrogen-bond donors (Lipinski definition) is 2. The van der Waals surface area contributed by atoms with Crippen LogP contribution < -0.4 is 11.5 Å². The van der Waals surface area contributed by atoms with Crippen molar-refractivity contribution in [2.75, 3.05) is 13.1 Å². The van der Waals surface area contributed by atoms with E-state index in [0.717, 1.165) is 0 Å². The van der Waals surface area contributed by atoms with Crippen LogP contribution in [0.3, 0.4) is 0 Å². The number of carbonyl (C=O) groups is 2. The van der Waals surface area contributed by atoms with E-state index in [1.165, 1.54) is 0 Å². The minimum Gasteiger partial charge on any atom is -0.369 e. The Morgan fingerprint density at radius 3 is 2.41 bits per heavy atom. The van der Waals surface area contributed by atoms with E-state index in [9.17, 15) is 9.59 Å². The third-order valence-corrected chi connectivity index (χ3v) is 3.42. The highest BCUT2D eigenvalue weighted by Crippen LogP contribution is 2.29. The van der Waals surface area contributed by atoms with Crippen molar-refractivity contribution in [2.45, 2.75) is 39.7 Å². The van der Waals surface area contributed by atoms with Crippen molar-refractivity contribution in [3.8, 4) is 0 Å². The van der Waals surface area contributed by atoms with E-state index in [0.29, 0.717) is 31.8 Å². The molecule has 1 fully saturated rings. The van der Waals surface area contributed by atoms with Crippen LogP contribution in [-0.4, -0.2) is 35.8 Å². The van der Waals surface area contributed by atoms with Crippen LogP contribution in [0.25, 0.3) is 0 Å². The van der Waals surface area contributed by atoms with Gasteiger partial charge in [0, 0.05) is 13.1 Å². The van der Waals surface area contributed by atoms with E-state index in [-0.39, 0.29) is 11.8 Å². The van der Waals surface area contributed by atoms with Crippen molar-refractivity contribution in [2.24, 2.45) is 22.8 Å². The fourth-order valence-corrected chi connectivity index (χ4v) is 2.19. The molecule has 5 nitrogen and oxygen atoms in total. The smallest absolute Gasteiger partial charge is 0.239 e. The van der Waals surface area contributed by atoms with Crippen LogP contribution in [0, 0.1) is 11.3 Å².